The van der Waals surface area contributed by atoms with E-state index in [2.05, 4.69) is 52.2 Å². The maximum atomic E-state index is 15.4. The summed E-state index contributed by atoms with van der Waals surface area (Å²) in [7, 11) is -1.25. The van der Waals surface area contributed by atoms with Crippen LogP contribution in [0.4, 0.5) is 10.2 Å². The van der Waals surface area contributed by atoms with Crippen LogP contribution in [0.3, 0.4) is 0 Å². The smallest absolute Gasteiger partial charge is 0.385 e. The van der Waals surface area contributed by atoms with Crippen molar-refractivity contribution in [3.63, 3.8) is 0 Å². The van der Waals surface area contributed by atoms with Gasteiger partial charge in [-0.25, -0.2) is 14.2 Å². The number of nitrogens with zero attached hydrogens (tertiary/aromatic N) is 3. The van der Waals surface area contributed by atoms with E-state index >= 15 is 4.39 Å². The lowest BCUT2D eigenvalue weighted by Crippen LogP contribution is -2.33. The minimum absolute atomic E-state index is 0.0342. The van der Waals surface area contributed by atoms with Crippen LogP contribution in [0.2, 0.25) is 25.7 Å². The van der Waals surface area contributed by atoms with E-state index in [1.807, 2.05) is 6.07 Å². The molecule has 0 radical (unpaired) electrons. The van der Waals surface area contributed by atoms with E-state index < -0.39 is 25.2 Å². The predicted octanol–water partition coefficient (Wildman–Crippen LogP) is 4.78. The van der Waals surface area contributed by atoms with E-state index in [1.165, 1.54) is 17.2 Å². The standard InChI is InChI=1S/C28H34FN5O4Si/c1-39(2,3)10-9-37-16-34-15-21(25-32-27(35)38-33-25)24-23(34)14-22(29)26(31-24)30-20-12-17-5-6-19(11-18(17)13-20)28(36)7-4-8-28/h5-6,11,14-15,20,36H,4,7-10,12-13,16H2,1-3H3,(H,30,31)(H,32,33,35). The van der Waals surface area contributed by atoms with Crippen LogP contribution in [-0.2, 0) is 29.9 Å². The van der Waals surface area contributed by atoms with Crippen molar-refractivity contribution in [2.24, 2.45) is 0 Å². The molecular formula is C28H34FN5O4Si. The third-order valence-electron chi connectivity index (χ3n) is 7.93. The fraction of sp³-hybridized carbons (Fsp3) is 0.464. The van der Waals surface area contributed by atoms with Gasteiger partial charge in [-0.1, -0.05) is 43.0 Å². The molecule has 4 aromatic rings. The van der Waals surface area contributed by atoms with Crippen molar-refractivity contribution in [3.8, 4) is 11.4 Å². The van der Waals surface area contributed by atoms with E-state index in [9.17, 15) is 9.90 Å². The first kappa shape index (κ1) is 26.0. The molecule has 0 saturated heterocycles. The molecule has 3 heterocycles. The van der Waals surface area contributed by atoms with Crippen molar-refractivity contribution in [2.75, 3.05) is 11.9 Å². The summed E-state index contributed by atoms with van der Waals surface area (Å²) >= 11 is 0. The highest BCUT2D eigenvalue weighted by Crippen LogP contribution is 2.42. The molecule has 3 aromatic heterocycles. The van der Waals surface area contributed by atoms with Crippen LogP contribution >= 0.6 is 0 Å². The summed E-state index contributed by atoms with van der Waals surface area (Å²) in [5.41, 5.74) is 4.19. The zero-order valence-electron chi connectivity index (χ0n) is 22.5. The fourth-order valence-corrected chi connectivity index (χ4v) is 6.21. The third kappa shape index (κ3) is 5.18. The van der Waals surface area contributed by atoms with Crippen LogP contribution in [0.25, 0.3) is 22.4 Å². The number of hydrogen-bond acceptors (Lipinski definition) is 7. The molecule has 1 fully saturated rings. The summed E-state index contributed by atoms with van der Waals surface area (Å²) in [6.45, 7) is 7.69. The van der Waals surface area contributed by atoms with Crippen LogP contribution in [-0.4, -0.2) is 45.5 Å². The van der Waals surface area contributed by atoms with Gasteiger partial charge in [0.1, 0.15) is 12.2 Å². The zero-order valence-corrected chi connectivity index (χ0v) is 23.5. The molecule has 3 N–H and O–H groups in total. The maximum Gasteiger partial charge on any atom is 0.439 e. The van der Waals surface area contributed by atoms with E-state index in [4.69, 9.17) is 9.26 Å². The Morgan fingerprint density at radius 2 is 2.05 bits per heavy atom. The molecular weight excluding hydrogens is 517 g/mol. The highest BCUT2D eigenvalue weighted by molar-refractivity contribution is 6.76. The van der Waals surface area contributed by atoms with Crippen LogP contribution in [0.1, 0.15) is 36.0 Å². The van der Waals surface area contributed by atoms with Gasteiger partial charge >= 0.3 is 5.76 Å². The second-order valence-corrected chi connectivity index (χ2v) is 17.7. The number of fused-ring (bicyclic) bond motifs is 2. The van der Waals surface area contributed by atoms with Gasteiger partial charge in [0, 0.05) is 33.0 Å². The lowest BCUT2D eigenvalue weighted by atomic mass is 9.74. The summed E-state index contributed by atoms with van der Waals surface area (Å²) in [5.74, 6) is -0.773. The predicted molar refractivity (Wildman–Crippen MR) is 149 cm³/mol. The average Bonchev–Trinajstić information content (AvgIpc) is 3.56. The zero-order chi connectivity index (χ0) is 27.4. The molecule has 0 aliphatic heterocycles. The van der Waals surface area contributed by atoms with Gasteiger partial charge in [0.25, 0.3) is 0 Å². The Labute approximate surface area is 226 Å². The van der Waals surface area contributed by atoms with E-state index in [0.29, 0.717) is 29.6 Å². The number of anilines is 1. The number of H-pyrrole nitrogens is 1. The van der Waals surface area contributed by atoms with Gasteiger partial charge in [-0.3, -0.25) is 9.51 Å². The lowest BCUT2D eigenvalue weighted by molar-refractivity contribution is -0.0388. The lowest BCUT2D eigenvalue weighted by Gasteiger charge is -2.37. The second-order valence-electron chi connectivity index (χ2n) is 12.1. The first-order valence-corrected chi connectivity index (χ1v) is 17.2. The van der Waals surface area contributed by atoms with Gasteiger partial charge in [-0.15, -0.1) is 0 Å². The summed E-state index contributed by atoms with van der Waals surface area (Å²) in [4.78, 5) is 18.9. The van der Waals surface area contributed by atoms with Crippen molar-refractivity contribution in [1.29, 1.82) is 0 Å². The molecule has 11 heteroatoms. The molecule has 1 unspecified atom stereocenters. The second kappa shape index (κ2) is 9.72. The van der Waals surface area contributed by atoms with Crippen LogP contribution in [0.5, 0.6) is 0 Å². The Morgan fingerprint density at radius 1 is 1.26 bits per heavy atom. The molecule has 0 amide bonds. The Bertz CT molecular complexity index is 1580. The molecule has 9 nitrogen and oxygen atoms in total. The summed E-state index contributed by atoms with van der Waals surface area (Å²) in [6.07, 6.45) is 5.84. The van der Waals surface area contributed by atoms with Gasteiger partial charge in [0.2, 0.25) is 0 Å². The molecule has 6 rings (SSSR count). The van der Waals surface area contributed by atoms with Gasteiger partial charge in [0.15, 0.2) is 17.5 Å². The molecule has 2 aliphatic rings. The van der Waals surface area contributed by atoms with Crippen molar-refractivity contribution >= 4 is 24.9 Å². The Balaban J connectivity index is 1.26. The molecule has 0 spiro atoms. The number of aromatic nitrogens is 4. The topological polar surface area (TPSA) is 118 Å². The third-order valence-corrected chi connectivity index (χ3v) is 9.63. The van der Waals surface area contributed by atoms with Crippen molar-refractivity contribution < 1.29 is 18.8 Å². The highest BCUT2D eigenvalue weighted by atomic mass is 28.3. The van der Waals surface area contributed by atoms with Gasteiger partial charge in [0.05, 0.1) is 16.7 Å². The van der Waals surface area contributed by atoms with E-state index in [-0.39, 0.29) is 24.4 Å². The molecule has 39 heavy (non-hydrogen) atoms. The number of nitrogens with one attached hydrogen (secondary N) is 2. The number of aromatic amines is 1. The van der Waals surface area contributed by atoms with Gasteiger partial charge in [-0.05, 0) is 54.8 Å². The number of halogens is 1. The van der Waals surface area contributed by atoms with Crippen molar-refractivity contribution in [3.05, 3.63) is 63.5 Å². The van der Waals surface area contributed by atoms with Crippen molar-refractivity contribution in [2.45, 2.75) is 76.2 Å². The summed E-state index contributed by atoms with van der Waals surface area (Å²) in [6, 6.07) is 8.63. The average molecular weight is 552 g/mol. The number of aliphatic hydroxyl groups is 1. The van der Waals surface area contributed by atoms with E-state index in [0.717, 1.165) is 37.3 Å². The van der Waals surface area contributed by atoms with Crippen molar-refractivity contribution in [1.82, 2.24) is 19.7 Å². The first-order valence-electron chi connectivity index (χ1n) is 13.5. The van der Waals surface area contributed by atoms with E-state index in [1.54, 1.807) is 10.8 Å². The quantitative estimate of drug-likeness (QED) is 0.202. The molecule has 1 saturated carbocycles. The van der Waals surface area contributed by atoms with Crippen LogP contribution in [0, 0.1) is 5.82 Å². The Kier molecular flexibility index (Phi) is 6.47. The normalized spacial score (nSPS) is 18.3. The molecule has 2 aliphatic carbocycles. The Hall–Kier alpha value is -3.28. The van der Waals surface area contributed by atoms with Gasteiger partial charge < -0.3 is 19.7 Å². The Morgan fingerprint density at radius 3 is 2.74 bits per heavy atom. The fourth-order valence-electron chi connectivity index (χ4n) is 5.45. The number of rotatable bonds is 9. The van der Waals surface area contributed by atoms with Gasteiger partial charge in [-0.2, -0.15) is 0 Å². The van der Waals surface area contributed by atoms with Crippen LogP contribution in [0.15, 0.2) is 39.8 Å². The van der Waals surface area contributed by atoms with Crippen LogP contribution < -0.4 is 11.1 Å². The molecule has 1 aromatic carbocycles. The summed E-state index contributed by atoms with van der Waals surface area (Å²) < 4.78 is 27.8. The summed E-state index contributed by atoms with van der Waals surface area (Å²) in [5, 5.41) is 17.9. The minimum Gasteiger partial charge on any atom is -0.385 e. The monoisotopic (exact) mass is 551 g/mol. The number of ether oxygens (including phenoxy) is 1. The highest BCUT2D eigenvalue weighted by Gasteiger charge is 2.37. The first-order chi connectivity index (χ1) is 18.6. The molecule has 0 bridgehead atoms. The molecule has 206 valence electrons. The number of hydrogen-bond donors (Lipinski definition) is 3. The largest absolute Gasteiger partial charge is 0.439 e. The number of benzene rings is 1. The minimum atomic E-state index is -1.25. The molecule has 1 atom stereocenters. The maximum absolute atomic E-state index is 15.4. The number of pyridine rings is 1. The SMILES string of the molecule is C[Si](C)(C)CCOCn1cc(-c2noc(=O)[nH]2)c2nc(NC3Cc4ccc(C5(O)CCC5)cc4C3)c(F)cc21.